The topological polar surface area (TPSA) is 66.4 Å². The van der Waals surface area contributed by atoms with E-state index in [9.17, 15) is 0 Å². The maximum Gasteiger partial charge on any atom is 0.134 e. The lowest BCUT2D eigenvalue weighted by Gasteiger charge is -2.29. The van der Waals surface area contributed by atoms with Crippen molar-refractivity contribution in [3.8, 4) is 11.3 Å². The van der Waals surface area contributed by atoms with Crippen LogP contribution in [0.3, 0.4) is 0 Å². The van der Waals surface area contributed by atoms with Crippen molar-refractivity contribution >= 4 is 33.8 Å². The van der Waals surface area contributed by atoms with Crippen molar-refractivity contribution in [3.63, 3.8) is 0 Å². The molecule has 4 aromatic rings. The lowest BCUT2D eigenvalue weighted by atomic mass is 10.0. The van der Waals surface area contributed by atoms with Crippen LogP contribution in [0.25, 0.3) is 22.2 Å². The third kappa shape index (κ3) is 4.81. The zero-order chi connectivity index (χ0) is 25.2. The van der Waals surface area contributed by atoms with E-state index < -0.39 is 0 Å². The molecule has 37 heavy (non-hydrogen) atoms. The van der Waals surface area contributed by atoms with E-state index in [1.54, 1.807) is 12.3 Å². The number of piperidine rings is 1. The molecule has 2 fully saturated rings. The molecule has 0 saturated carbocycles. The van der Waals surface area contributed by atoms with E-state index in [0.717, 1.165) is 60.2 Å². The Morgan fingerprint density at radius 2 is 1.76 bits per heavy atom. The van der Waals surface area contributed by atoms with Gasteiger partial charge in [-0.25, -0.2) is 14.4 Å². The van der Waals surface area contributed by atoms with Crippen molar-refractivity contribution in [1.29, 1.82) is 0 Å². The summed E-state index contributed by atoms with van der Waals surface area (Å²) in [5, 5.41) is 3.95. The predicted octanol–water partition coefficient (Wildman–Crippen LogP) is 5.71. The smallest absolute Gasteiger partial charge is 0.134 e. The van der Waals surface area contributed by atoms with Gasteiger partial charge in [0.25, 0.3) is 0 Å². The van der Waals surface area contributed by atoms with Gasteiger partial charge in [0.2, 0.25) is 0 Å². The summed E-state index contributed by atoms with van der Waals surface area (Å²) in [6.45, 7) is 7.11. The van der Waals surface area contributed by atoms with Gasteiger partial charge in [0.1, 0.15) is 11.6 Å². The molecule has 0 radical (unpaired) electrons. The molecular formula is C29H31FN6O. The standard InChI is InChI=1S/C29H31FN6O/c1-20-28(21-8-9-26(32-17-21)36-10-3-2-4-11-36)34-25-7-5-6-24(30)27(25)29(20)33-22-16-23(19-31-18-22)35-12-14-37-15-13-35/h5-9,16-19H,2-4,10-15H2,1H3,(H,33,34). The number of benzene rings is 1. The zero-order valence-electron chi connectivity index (χ0n) is 21.1. The van der Waals surface area contributed by atoms with E-state index in [0.29, 0.717) is 29.8 Å². The van der Waals surface area contributed by atoms with Crippen LogP contribution in [-0.2, 0) is 4.74 Å². The van der Waals surface area contributed by atoms with E-state index in [1.807, 2.05) is 25.4 Å². The molecule has 0 amide bonds. The van der Waals surface area contributed by atoms with Crippen LogP contribution in [0.4, 0.5) is 27.3 Å². The van der Waals surface area contributed by atoms with Gasteiger partial charge in [0, 0.05) is 37.9 Å². The van der Waals surface area contributed by atoms with Crippen LogP contribution in [0, 0.1) is 12.7 Å². The Labute approximate surface area is 216 Å². The monoisotopic (exact) mass is 498 g/mol. The highest BCUT2D eigenvalue weighted by Gasteiger charge is 2.19. The van der Waals surface area contributed by atoms with E-state index in [2.05, 4.69) is 38.3 Å². The number of nitrogens with zero attached hydrogens (tertiary/aromatic N) is 5. The number of morpholine rings is 1. The van der Waals surface area contributed by atoms with Crippen LogP contribution < -0.4 is 15.1 Å². The predicted molar refractivity (Wildman–Crippen MR) is 146 cm³/mol. The molecule has 190 valence electrons. The van der Waals surface area contributed by atoms with E-state index in [-0.39, 0.29) is 5.82 Å². The van der Waals surface area contributed by atoms with Crippen molar-refractivity contribution in [1.82, 2.24) is 15.0 Å². The van der Waals surface area contributed by atoms with Crippen molar-refractivity contribution in [3.05, 3.63) is 66.4 Å². The number of rotatable bonds is 5. The summed E-state index contributed by atoms with van der Waals surface area (Å²) in [4.78, 5) is 18.7. The van der Waals surface area contributed by atoms with Gasteiger partial charge >= 0.3 is 0 Å². The lowest BCUT2D eigenvalue weighted by molar-refractivity contribution is 0.122. The summed E-state index contributed by atoms with van der Waals surface area (Å²) < 4.78 is 20.6. The average Bonchev–Trinajstić information content (AvgIpc) is 2.96. The van der Waals surface area contributed by atoms with E-state index in [1.165, 1.54) is 25.3 Å². The summed E-state index contributed by atoms with van der Waals surface area (Å²) in [5.74, 6) is 0.690. The summed E-state index contributed by atoms with van der Waals surface area (Å²) >= 11 is 0. The Balaban J connectivity index is 1.38. The molecule has 8 heteroatoms. The highest BCUT2D eigenvalue weighted by Crippen LogP contribution is 2.37. The number of anilines is 4. The highest BCUT2D eigenvalue weighted by atomic mass is 19.1. The second-order valence-electron chi connectivity index (χ2n) is 9.70. The molecule has 1 aromatic carbocycles. The van der Waals surface area contributed by atoms with E-state index >= 15 is 4.39 Å². The molecule has 2 aliphatic heterocycles. The SMILES string of the molecule is Cc1c(-c2ccc(N3CCCCC3)nc2)nc2cccc(F)c2c1Nc1cncc(N2CCOCC2)c1. The third-order valence-electron chi connectivity index (χ3n) is 7.27. The molecule has 0 spiro atoms. The van der Waals surface area contributed by atoms with Crippen molar-refractivity contribution < 1.29 is 9.13 Å². The number of halogens is 1. The maximum atomic E-state index is 15.2. The fourth-order valence-corrected chi connectivity index (χ4v) is 5.27. The largest absolute Gasteiger partial charge is 0.378 e. The minimum Gasteiger partial charge on any atom is -0.378 e. The van der Waals surface area contributed by atoms with Crippen LogP contribution in [0.5, 0.6) is 0 Å². The Morgan fingerprint density at radius 3 is 2.54 bits per heavy atom. The molecule has 0 aliphatic carbocycles. The van der Waals surface area contributed by atoms with Gasteiger partial charge in [-0.2, -0.15) is 0 Å². The molecule has 0 atom stereocenters. The zero-order valence-corrected chi connectivity index (χ0v) is 21.1. The van der Waals surface area contributed by atoms with Gasteiger partial charge in [0.05, 0.1) is 59.3 Å². The minimum atomic E-state index is -0.307. The fraction of sp³-hybridized carbons (Fsp3) is 0.345. The second-order valence-corrected chi connectivity index (χ2v) is 9.70. The first kappa shape index (κ1) is 23.6. The van der Waals surface area contributed by atoms with Crippen molar-refractivity contribution in [2.75, 3.05) is 54.5 Å². The van der Waals surface area contributed by atoms with Crippen LogP contribution in [-0.4, -0.2) is 54.3 Å². The fourth-order valence-electron chi connectivity index (χ4n) is 5.27. The summed E-state index contributed by atoms with van der Waals surface area (Å²) in [6, 6.07) is 11.2. The summed E-state index contributed by atoms with van der Waals surface area (Å²) in [6.07, 6.45) is 9.20. The Kier molecular flexibility index (Phi) is 6.57. The molecule has 0 unspecified atom stereocenters. The first-order valence-electron chi connectivity index (χ1n) is 13.0. The van der Waals surface area contributed by atoms with Gasteiger partial charge in [-0.15, -0.1) is 0 Å². The van der Waals surface area contributed by atoms with Gasteiger partial charge in [-0.1, -0.05) is 6.07 Å². The quantitative estimate of drug-likeness (QED) is 0.378. The summed E-state index contributed by atoms with van der Waals surface area (Å²) in [5.41, 5.74) is 5.67. The average molecular weight is 499 g/mol. The molecule has 2 saturated heterocycles. The van der Waals surface area contributed by atoms with Crippen LogP contribution >= 0.6 is 0 Å². The third-order valence-corrected chi connectivity index (χ3v) is 7.27. The molecule has 2 aliphatic rings. The second kappa shape index (κ2) is 10.3. The molecule has 3 aromatic heterocycles. The molecule has 7 nitrogen and oxygen atoms in total. The highest BCUT2D eigenvalue weighted by molar-refractivity contribution is 5.98. The van der Waals surface area contributed by atoms with Crippen LogP contribution in [0.2, 0.25) is 0 Å². The Morgan fingerprint density at radius 1 is 0.919 bits per heavy atom. The first-order valence-corrected chi connectivity index (χ1v) is 13.0. The van der Waals surface area contributed by atoms with Gasteiger partial charge in [-0.05, 0) is 62.1 Å². The Hall–Kier alpha value is -3.78. The number of aromatic nitrogens is 3. The number of hydrogen-bond donors (Lipinski definition) is 1. The number of pyridine rings is 3. The summed E-state index contributed by atoms with van der Waals surface area (Å²) in [7, 11) is 0. The molecule has 5 heterocycles. The van der Waals surface area contributed by atoms with E-state index in [4.69, 9.17) is 14.7 Å². The molecular weight excluding hydrogens is 467 g/mol. The maximum absolute atomic E-state index is 15.2. The van der Waals surface area contributed by atoms with Gasteiger partial charge in [0.15, 0.2) is 0 Å². The van der Waals surface area contributed by atoms with Crippen molar-refractivity contribution in [2.45, 2.75) is 26.2 Å². The van der Waals surface area contributed by atoms with Gasteiger partial charge in [-0.3, -0.25) is 4.98 Å². The number of fused-ring (bicyclic) bond motifs is 1. The molecule has 6 rings (SSSR count). The van der Waals surface area contributed by atoms with Crippen LogP contribution in [0.1, 0.15) is 24.8 Å². The number of hydrogen-bond acceptors (Lipinski definition) is 7. The Bertz CT molecular complexity index is 1400. The molecule has 0 bridgehead atoms. The van der Waals surface area contributed by atoms with Crippen LogP contribution in [0.15, 0.2) is 55.0 Å². The minimum absolute atomic E-state index is 0.307. The number of ether oxygens (including phenoxy) is 1. The number of nitrogens with one attached hydrogen (secondary N) is 1. The lowest BCUT2D eigenvalue weighted by Crippen LogP contribution is -2.36. The van der Waals surface area contributed by atoms with Crippen molar-refractivity contribution in [2.24, 2.45) is 0 Å². The first-order chi connectivity index (χ1) is 18.2. The normalized spacial score (nSPS) is 16.3. The molecule has 1 N–H and O–H groups in total. The van der Waals surface area contributed by atoms with Gasteiger partial charge < -0.3 is 19.9 Å².